The first-order valence-corrected chi connectivity index (χ1v) is 2.74. The van der Waals surface area contributed by atoms with E-state index in [2.05, 4.69) is 11.2 Å². The normalized spacial score (nSPS) is 7.62. The molecule has 0 bridgehead atoms. The van der Waals surface area contributed by atoms with Crippen molar-refractivity contribution in [3.63, 3.8) is 0 Å². The van der Waals surface area contributed by atoms with Crippen molar-refractivity contribution in [3.8, 4) is 12.0 Å². The maximum absolute atomic E-state index is 7.98. The van der Waals surface area contributed by atoms with E-state index < -0.39 is 0 Å². The Labute approximate surface area is 49.9 Å². The Morgan fingerprint density at radius 3 is 2.88 bits per heavy atom. The molecular weight excluding hydrogens is 102 g/mol. The Morgan fingerprint density at radius 2 is 2.38 bits per heavy atom. The van der Waals surface area contributed by atoms with Crippen LogP contribution in [0, 0.1) is 12.0 Å². The predicted octanol–water partition coefficient (Wildman–Crippen LogP) is 0.319. The van der Waals surface area contributed by atoms with Crippen LogP contribution >= 0.6 is 0 Å². The Kier molecular flexibility index (Phi) is 5.78. The van der Waals surface area contributed by atoms with Crippen molar-refractivity contribution in [2.24, 2.45) is 0 Å². The van der Waals surface area contributed by atoms with Gasteiger partial charge < -0.3 is 10.4 Å². The number of rotatable bonds is 3. The number of aliphatic hydroxyl groups excluding tert-OH is 1. The van der Waals surface area contributed by atoms with Crippen LogP contribution in [0.2, 0.25) is 0 Å². The summed E-state index contributed by atoms with van der Waals surface area (Å²) < 4.78 is 0. The van der Waals surface area contributed by atoms with Crippen LogP contribution in [0.25, 0.3) is 0 Å². The van der Waals surface area contributed by atoms with Crippen LogP contribution in [0.1, 0.15) is 13.3 Å². The van der Waals surface area contributed by atoms with Gasteiger partial charge in [-0.1, -0.05) is 12.8 Å². The van der Waals surface area contributed by atoms with Crippen molar-refractivity contribution in [2.45, 2.75) is 13.3 Å². The quantitative estimate of drug-likeness (QED) is 0.408. The highest BCUT2D eigenvalue weighted by molar-refractivity contribution is 4.89. The highest BCUT2D eigenvalue weighted by Crippen LogP contribution is 1.68. The van der Waals surface area contributed by atoms with Crippen molar-refractivity contribution in [3.05, 3.63) is 0 Å². The van der Waals surface area contributed by atoms with Gasteiger partial charge in [0.25, 0.3) is 0 Å². The van der Waals surface area contributed by atoms with Crippen LogP contribution in [-0.2, 0) is 0 Å². The zero-order valence-electron chi connectivity index (χ0n) is 5.07. The highest BCUT2D eigenvalue weighted by Gasteiger charge is 1.75. The average molecular weight is 113 g/mol. The SMILES string of the molecule is CCNCCC#CO. The lowest BCUT2D eigenvalue weighted by molar-refractivity contribution is 0.515. The molecule has 0 aromatic heterocycles. The summed E-state index contributed by atoms with van der Waals surface area (Å²) in [5.41, 5.74) is 0. The minimum Gasteiger partial charge on any atom is -0.462 e. The molecule has 2 heteroatoms. The average Bonchev–Trinajstić information content (AvgIpc) is 1.81. The first kappa shape index (κ1) is 7.32. The molecule has 46 valence electrons. The van der Waals surface area contributed by atoms with Crippen molar-refractivity contribution in [1.29, 1.82) is 0 Å². The van der Waals surface area contributed by atoms with Gasteiger partial charge >= 0.3 is 0 Å². The fraction of sp³-hybridized carbons (Fsp3) is 0.667. The van der Waals surface area contributed by atoms with Gasteiger partial charge in [-0.3, -0.25) is 0 Å². The Balaban J connectivity index is 2.79. The van der Waals surface area contributed by atoms with Gasteiger partial charge in [0, 0.05) is 13.0 Å². The molecule has 0 atom stereocenters. The van der Waals surface area contributed by atoms with E-state index in [1.165, 1.54) is 0 Å². The molecule has 2 nitrogen and oxygen atoms in total. The van der Waals surface area contributed by atoms with Gasteiger partial charge in [-0.2, -0.15) is 0 Å². The molecule has 0 saturated carbocycles. The molecule has 0 aliphatic carbocycles. The maximum Gasteiger partial charge on any atom is 0.107 e. The van der Waals surface area contributed by atoms with Crippen LogP contribution in [0.4, 0.5) is 0 Å². The molecule has 0 unspecified atom stereocenters. The zero-order chi connectivity index (χ0) is 6.24. The van der Waals surface area contributed by atoms with E-state index in [0.717, 1.165) is 19.5 Å². The van der Waals surface area contributed by atoms with Crippen LogP contribution in [0.15, 0.2) is 0 Å². The Hall–Kier alpha value is -0.680. The maximum atomic E-state index is 7.98. The van der Waals surface area contributed by atoms with Crippen molar-refractivity contribution >= 4 is 0 Å². The zero-order valence-corrected chi connectivity index (χ0v) is 5.07. The number of hydrogen-bond acceptors (Lipinski definition) is 2. The van der Waals surface area contributed by atoms with Crippen LogP contribution in [0.5, 0.6) is 0 Å². The van der Waals surface area contributed by atoms with Crippen LogP contribution in [-0.4, -0.2) is 18.2 Å². The first-order valence-electron chi connectivity index (χ1n) is 2.74. The lowest BCUT2D eigenvalue weighted by Crippen LogP contribution is -2.12. The third kappa shape index (κ3) is 5.32. The summed E-state index contributed by atoms with van der Waals surface area (Å²) in [6.45, 7) is 3.86. The summed E-state index contributed by atoms with van der Waals surface area (Å²) in [4.78, 5) is 0. The molecule has 0 aromatic rings. The van der Waals surface area contributed by atoms with E-state index >= 15 is 0 Å². The molecule has 2 N–H and O–H groups in total. The summed E-state index contributed by atoms with van der Waals surface area (Å²) in [5.74, 6) is 2.53. The molecule has 0 heterocycles. The number of aliphatic hydroxyl groups is 1. The molecule has 0 spiro atoms. The second-order valence-electron chi connectivity index (χ2n) is 1.39. The lowest BCUT2D eigenvalue weighted by Gasteiger charge is -1.91. The molecule has 0 rings (SSSR count). The van der Waals surface area contributed by atoms with E-state index in [1.807, 2.05) is 13.0 Å². The van der Waals surface area contributed by atoms with Gasteiger partial charge in [-0.05, 0) is 6.54 Å². The smallest absolute Gasteiger partial charge is 0.107 e. The van der Waals surface area contributed by atoms with Gasteiger partial charge in [0.15, 0.2) is 0 Å². The molecular formula is C6H11NO. The monoisotopic (exact) mass is 113 g/mol. The number of hydrogen-bond donors (Lipinski definition) is 2. The van der Waals surface area contributed by atoms with E-state index in [1.54, 1.807) is 0 Å². The summed E-state index contributed by atoms with van der Waals surface area (Å²) in [6, 6.07) is 0. The van der Waals surface area contributed by atoms with E-state index in [-0.39, 0.29) is 0 Å². The molecule has 0 saturated heterocycles. The fourth-order valence-electron chi connectivity index (χ4n) is 0.384. The Bertz CT molecular complexity index is 90.4. The van der Waals surface area contributed by atoms with E-state index in [9.17, 15) is 0 Å². The van der Waals surface area contributed by atoms with E-state index in [0.29, 0.717) is 0 Å². The standard InChI is InChI=1S/C6H11NO/c1-2-7-5-3-4-6-8/h7-8H,2-3,5H2,1H3. The summed E-state index contributed by atoms with van der Waals surface area (Å²) in [7, 11) is 0. The highest BCUT2D eigenvalue weighted by atomic mass is 16.2. The largest absolute Gasteiger partial charge is 0.462 e. The molecule has 0 amide bonds. The third-order valence-corrected chi connectivity index (χ3v) is 0.756. The first-order chi connectivity index (χ1) is 3.91. The van der Waals surface area contributed by atoms with Crippen LogP contribution in [0.3, 0.4) is 0 Å². The second kappa shape index (κ2) is 6.32. The van der Waals surface area contributed by atoms with Gasteiger partial charge in [0.05, 0.1) is 0 Å². The summed E-state index contributed by atoms with van der Waals surface area (Å²) in [6.07, 6.45) is 2.56. The van der Waals surface area contributed by atoms with Gasteiger partial charge in [-0.15, -0.1) is 0 Å². The molecule has 0 radical (unpaired) electrons. The fourth-order valence-corrected chi connectivity index (χ4v) is 0.384. The summed E-state index contributed by atoms with van der Waals surface area (Å²) >= 11 is 0. The minimum atomic E-state index is 0.727. The predicted molar refractivity (Wildman–Crippen MR) is 32.9 cm³/mol. The van der Waals surface area contributed by atoms with Gasteiger partial charge in [0.2, 0.25) is 0 Å². The molecule has 0 fully saturated rings. The minimum absolute atomic E-state index is 0.727. The molecule has 0 aromatic carbocycles. The molecule has 0 aliphatic rings. The second-order valence-corrected chi connectivity index (χ2v) is 1.39. The topological polar surface area (TPSA) is 32.3 Å². The van der Waals surface area contributed by atoms with Crippen molar-refractivity contribution in [2.75, 3.05) is 13.1 Å². The molecule has 8 heavy (non-hydrogen) atoms. The van der Waals surface area contributed by atoms with Crippen molar-refractivity contribution in [1.82, 2.24) is 5.32 Å². The van der Waals surface area contributed by atoms with Crippen LogP contribution < -0.4 is 5.32 Å². The van der Waals surface area contributed by atoms with E-state index in [4.69, 9.17) is 5.11 Å². The van der Waals surface area contributed by atoms with Gasteiger partial charge in [-0.25, -0.2) is 0 Å². The molecule has 0 aliphatic heterocycles. The third-order valence-electron chi connectivity index (χ3n) is 0.756. The Morgan fingerprint density at radius 1 is 1.62 bits per heavy atom. The van der Waals surface area contributed by atoms with Crippen molar-refractivity contribution < 1.29 is 5.11 Å². The van der Waals surface area contributed by atoms with Gasteiger partial charge in [0.1, 0.15) is 6.11 Å². The number of nitrogens with one attached hydrogen (secondary N) is 1. The summed E-state index contributed by atoms with van der Waals surface area (Å²) in [5, 5.41) is 11.0. The lowest BCUT2D eigenvalue weighted by atomic mass is 10.4.